The van der Waals surface area contributed by atoms with E-state index in [1.165, 1.54) is 0 Å². The van der Waals surface area contributed by atoms with Crippen molar-refractivity contribution in [1.82, 2.24) is 24.5 Å². The van der Waals surface area contributed by atoms with Gasteiger partial charge in [-0.2, -0.15) is 9.61 Å². The van der Waals surface area contributed by atoms with Gasteiger partial charge in [0.25, 0.3) is 5.91 Å². The molecule has 0 spiro atoms. The van der Waals surface area contributed by atoms with Crippen LogP contribution in [0, 0.1) is 0 Å². The Hall–Kier alpha value is -3.23. The molecular formula is C24H23ClN6O2. The zero-order chi connectivity index (χ0) is 22.5. The van der Waals surface area contributed by atoms with Gasteiger partial charge >= 0.3 is 0 Å². The van der Waals surface area contributed by atoms with Gasteiger partial charge in [-0.1, -0.05) is 23.7 Å². The molecule has 0 radical (unpaired) electrons. The summed E-state index contributed by atoms with van der Waals surface area (Å²) in [4.78, 5) is 25.0. The SMILES string of the molecule is CC(Nc1ccnc2ccnn12)c1cc2cccc(Cl)c2c(C(=O)N2C3CCC2COC3)n1. The fraction of sp³-hybridized carbons (Fsp3) is 0.333. The number of hydrogen-bond donors (Lipinski definition) is 1. The molecule has 8 nitrogen and oxygen atoms in total. The van der Waals surface area contributed by atoms with E-state index in [1.807, 2.05) is 48.2 Å². The number of rotatable bonds is 4. The number of fused-ring (bicyclic) bond motifs is 4. The smallest absolute Gasteiger partial charge is 0.273 e. The molecule has 168 valence electrons. The normalized spacial score (nSPS) is 21.0. The third kappa shape index (κ3) is 3.41. The summed E-state index contributed by atoms with van der Waals surface area (Å²) in [7, 11) is 0. The number of halogens is 1. The summed E-state index contributed by atoms with van der Waals surface area (Å²) < 4.78 is 7.42. The molecule has 2 bridgehead atoms. The molecule has 2 saturated heterocycles. The third-order valence-corrected chi connectivity index (χ3v) is 6.92. The lowest BCUT2D eigenvalue weighted by Gasteiger charge is -2.34. The molecule has 2 aliphatic rings. The first kappa shape index (κ1) is 20.4. The number of benzene rings is 1. The van der Waals surface area contributed by atoms with Gasteiger partial charge in [0.05, 0.1) is 48.3 Å². The van der Waals surface area contributed by atoms with Gasteiger partial charge in [-0.3, -0.25) is 4.79 Å². The molecule has 1 amide bonds. The van der Waals surface area contributed by atoms with Crippen LogP contribution in [0.4, 0.5) is 5.82 Å². The maximum Gasteiger partial charge on any atom is 0.273 e. The van der Waals surface area contributed by atoms with Crippen molar-refractivity contribution in [3.63, 3.8) is 0 Å². The van der Waals surface area contributed by atoms with Crippen LogP contribution in [-0.4, -0.2) is 55.7 Å². The van der Waals surface area contributed by atoms with Crippen LogP contribution in [0.2, 0.25) is 5.02 Å². The Morgan fingerprint density at radius 3 is 2.82 bits per heavy atom. The summed E-state index contributed by atoms with van der Waals surface area (Å²) in [6.45, 7) is 3.17. The quantitative estimate of drug-likeness (QED) is 0.491. The summed E-state index contributed by atoms with van der Waals surface area (Å²) in [5.74, 6) is 0.723. The van der Waals surface area contributed by atoms with Crippen LogP contribution in [0.3, 0.4) is 0 Å². The highest BCUT2D eigenvalue weighted by molar-refractivity contribution is 6.36. The predicted molar refractivity (Wildman–Crippen MR) is 126 cm³/mol. The van der Waals surface area contributed by atoms with E-state index < -0.39 is 0 Å². The molecule has 2 fully saturated rings. The van der Waals surface area contributed by atoms with Crippen molar-refractivity contribution in [2.24, 2.45) is 0 Å². The van der Waals surface area contributed by atoms with E-state index in [0.717, 1.165) is 35.4 Å². The van der Waals surface area contributed by atoms with Crippen molar-refractivity contribution in [1.29, 1.82) is 0 Å². The molecule has 1 N–H and O–H groups in total. The number of nitrogens with zero attached hydrogens (tertiary/aromatic N) is 5. The van der Waals surface area contributed by atoms with E-state index in [0.29, 0.717) is 29.3 Å². The molecule has 1 aromatic carbocycles. The van der Waals surface area contributed by atoms with Crippen LogP contribution < -0.4 is 5.32 Å². The molecule has 3 aromatic heterocycles. The molecule has 6 rings (SSSR count). The van der Waals surface area contributed by atoms with Gasteiger partial charge in [-0.25, -0.2) is 9.97 Å². The Labute approximate surface area is 195 Å². The van der Waals surface area contributed by atoms with E-state index in [-0.39, 0.29) is 24.0 Å². The molecular weight excluding hydrogens is 440 g/mol. The zero-order valence-electron chi connectivity index (χ0n) is 18.1. The van der Waals surface area contributed by atoms with Gasteiger partial charge in [-0.05, 0) is 43.4 Å². The van der Waals surface area contributed by atoms with Crippen molar-refractivity contribution in [2.45, 2.75) is 37.9 Å². The Morgan fingerprint density at radius 1 is 1.18 bits per heavy atom. The largest absolute Gasteiger partial charge is 0.377 e. The second-order valence-electron chi connectivity index (χ2n) is 8.67. The van der Waals surface area contributed by atoms with E-state index >= 15 is 0 Å². The average molecular weight is 463 g/mol. The maximum atomic E-state index is 13.8. The second-order valence-corrected chi connectivity index (χ2v) is 9.07. The summed E-state index contributed by atoms with van der Waals surface area (Å²) in [6.07, 6.45) is 5.37. The number of aromatic nitrogens is 4. The predicted octanol–water partition coefficient (Wildman–Crippen LogP) is 4.11. The Kier molecular flexibility index (Phi) is 4.92. The summed E-state index contributed by atoms with van der Waals surface area (Å²) in [5, 5.41) is 9.92. The summed E-state index contributed by atoms with van der Waals surface area (Å²) in [6, 6.07) is 11.4. The minimum absolute atomic E-state index is 0.0728. The molecule has 0 saturated carbocycles. The first-order valence-corrected chi connectivity index (χ1v) is 11.5. The number of ether oxygens (including phenoxy) is 1. The van der Waals surface area contributed by atoms with Gasteiger partial charge in [-0.15, -0.1) is 0 Å². The molecule has 3 atom stereocenters. The first-order chi connectivity index (χ1) is 16.1. The van der Waals surface area contributed by atoms with Crippen LogP contribution >= 0.6 is 11.6 Å². The highest BCUT2D eigenvalue weighted by Gasteiger charge is 2.41. The van der Waals surface area contributed by atoms with E-state index in [2.05, 4.69) is 15.4 Å². The van der Waals surface area contributed by atoms with Crippen molar-refractivity contribution < 1.29 is 9.53 Å². The van der Waals surface area contributed by atoms with Crippen LogP contribution in [0.1, 0.15) is 42.0 Å². The van der Waals surface area contributed by atoms with E-state index in [1.54, 1.807) is 16.9 Å². The summed E-state index contributed by atoms with van der Waals surface area (Å²) in [5.41, 5.74) is 1.91. The third-order valence-electron chi connectivity index (χ3n) is 6.60. The fourth-order valence-corrected chi connectivity index (χ4v) is 5.26. The molecule has 2 aliphatic heterocycles. The molecule has 0 aliphatic carbocycles. The number of anilines is 1. The number of pyridine rings is 1. The Balaban J connectivity index is 1.42. The van der Waals surface area contributed by atoms with Gasteiger partial charge in [0.1, 0.15) is 11.5 Å². The molecule has 9 heteroatoms. The van der Waals surface area contributed by atoms with Crippen molar-refractivity contribution in [2.75, 3.05) is 18.5 Å². The van der Waals surface area contributed by atoms with Gasteiger partial charge in [0, 0.05) is 17.6 Å². The average Bonchev–Trinajstić information content (AvgIpc) is 3.40. The lowest BCUT2D eigenvalue weighted by atomic mass is 10.0. The topological polar surface area (TPSA) is 84.7 Å². The van der Waals surface area contributed by atoms with Crippen molar-refractivity contribution in [3.8, 4) is 0 Å². The van der Waals surface area contributed by atoms with E-state index in [9.17, 15) is 4.79 Å². The first-order valence-electron chi connectivity index (χ1n) is 11.1. The second kappa shape index (κ2) is 7.97. The van der Waals surface area contributed by atoms with Gasteiger partial charge in [0.15, 0.2) is 5.65 Å². The van der Waals surface area contributed by atoms with Gasteiger partial charge < -0.3 is 15.0 Å². The van der Waals surface area contributed by atoms with Gasteiger partial charge in [0.2, 0.25) is 0 Å². The Morgan fingerprint density at radius 2 is 2.00 bits per heavy atom. The van der Waals surface area contributed by atoms with Crippen LogP contribution in [0.25, 0.3) is 16.4 Å². The minimum atomic E-state index is -0.184. The maximum absolute atomic E-state index is 13.8. The molecule has 5 heterocycles. The number of hydrogen-bond acceptors (Lipinski definition) is 6. The number of nitrogens with one attached hydrogen (secondary N) is 1. The summed E-state index contributed by atoms with van der Waals surface area (Å²) >= 11 is 6.58. The number of amides is 1. The minimum Gasteiger partial charge on any atom is -0.377 e. The monoisotopic (exact) mass is 462 g/mol. The lowest BCUT2D eigenvalue weighted by Crippen LogP contribution is -2.49. The zero-order valence-corrected chi connectivity index (χ0v) is 18.9. The fourth-order valence-electron chi connectivity index (χ4n) is 4.99. The van der Waals surface area contributed by atoms with Crippen molar-refractivity contribution in [3.05, 3.63) is 65.2 Å². The van der Waals surface area contributed by atoms with E-state index in [4.69, 9.17) is 21.3 Å². The van der Waals surface area contributed by atoms with Crippen LogP contribution in [0.5, 0.6) is 0 Å². The standard InChI is InChI=1S/C24H23ClN6O2/c1-14(28-21-7-9-26-20-8-10-27-31(20)21)19-11-15-3-2-4-18(25)22(15)23(29-19)24(32)30-16-5-6-17(30)13-33-12-16/h2-4,7-11,14,16-17,28H,5-6,12-13H2,1H3. The van der Waals surface area contributed by atoms with Crippen LogP contribution in [-0.2, 0) is 4.74 Å². The number of morpholine rings is 1. The lowest BCUT2D eigenvalue weighted by molar-refractivity contribution is -0.00736. The van der Waals surface area contributed by atoms with Crippen molar-refractivity contribution >= 4 is 39.7 Å². The number of carbonyl (C=O) groups is 1. The highest BCUT2D eigenvalue weighted by atomic mass is 35.5. The van der Waals surface area contributed by atoms with Crippen LogP contribution in [0.15, 0.2) is 48.8 Å². The molecule has 3 unspecified atom stereocenters. The molecule has 33 heavy (non-hydrogen) atoms. The molecule has 4 aromatic rings. The highest BCUT2D eigenvalue weighted by Crippen LogP contribution is 2.34. The Bertz CT molecular complexity index is 1360. The number of carbonyl (C=O) groups excluding carboxylic acids is 1.